The van der Waals surface area contributed by atoms with E-state index < -0.39 is 0 Å². The molecule has 0 aliphatic carbocycles. The minimum absolute atomic E-state index is 0.00113. The first-order valence-electron chi connectivity index (χ1n) is 9.62. The summed E-state index contributed by atoms with van der Waals surface area (Å²) in [5.74, 6) is 1.49. The van der Waals surface area contributed by atoms with Crippen molar-refractivity contribution in [2.75, 3.05) is 59.4 Å². The summed E-state index contributed by atoms with van der Waals surface area (Å²) in [5.41, 5.74) is 1.09. The molecular formula is C20H31N2O5S+. The normalized spacial score (nSPS) is 17.4. The fraction of sp³-hybridized carbons (Fsp3) is 0.600. The second kappa shape index (κ2) is 11.9. The molecule has 1 aromatic carbocycles. The molecule has 0 aromatic heterocycles. The Morgan fingerprint density at radius 1 is 1.21 bits per heavy atom. The molecule has 1 fully saturated rings. The number of ether oxygens (including phenoxy) is 3. The zero-order chi connectivity index (χ0) is 20.4. The summed E-state index contributed by atoms with van der Waals surface area (Å²) in [6, 6.07) is 7.84. The number of nitrogens with one attached hydrogen (secondary N) is 1. The van der Waals surface area contributed by atoms with Crippen LogP contribution in [0, 0.1) is 0 Å². The molecule has 1 amide bonds. The van der Waals surface area contributed by atoms with Crippen molar-refractivity contribution in [2.24, 2.45) is 0 Å². The molecule has 1 N–H and O–H groups in total. The number of quaternary nitrogens is 1. The number of esters is 1. The highest BCUT2D eigenvalue weighted by Crippen LogP contribution is 2.38. The Bertz CT molecular complexity index is 626. The predicted molar refractivity (Wildman–Crippen MR) is 109 cm³/mol. The molecule has 0 saturated carbocycles. The maximum absolute atomic E-state index is 13.0. The standard InChI is InChI=1S/C20H30N2O5S/c1-4-27-19(24)15-21(10-5-12-25-2)14-18(23)22-11-13-28-20(22)16-6-8-17(26-3)9-7-16/h6-9,20H,4-5,10-15H2,1-3H3/p+1/t20-/m1/s1. The van der Waals surface area contributed by atoms with Crippen molar-refractivity contribution in [3.8, 4) is 5.75 Å². The van der Waals surface area contributed by atoms with Crippen LogP contribution in [0.15, 0.2) is 24.3 Å². The van der Waals surface area contributed by atoms with Crippen LogP contribution in [0.5, 0.6) is 5.75 Å². The molecule has 0 bridgehead atoms. The maximum atomic E-state index is 13.0. The van der Waals surface area contributed by atoms with Crippen molar-refractivity contribution in [1.29, 1.82) is 0 Å². The van der Waals surface area contributed by atoms with Crippen LogP contribution < -0.4 is 9.64 Å². The van der Waals surface area contributed by atoms with E-state index in [1.165, 1.54) is 0 Å². The lowest BCUT2D eigenvalue weighted by atomic mass is 10.2. The Hall–Kier alpha value is -1.77. The smallest absolute Gasteiger partial charge is 0.361 e. The van der Waals surface area contributed by atoms with Crippen LogP contribution in [0.3, 0.4) is 0 Å². The van der Waals surface area contributed by atoms with E-state index in [0.29, 0.717) is 26.3 Å². The number of benzene rings is 1. The van der Waals surface area contributed by atoms with E-state index in [0.717, 1.165) is 28.4 Å². The van der Waals surface area contributed by atoms with Gasteiger partial charge < -0.3 is 24.0 Å². The molecule has 156 valence electrons. The van der Waals surface area contributed by atoms with Gasteiger partial charge in [0.15, 0.2) is 13.1 Å². The summed E-state index contributed by atoms with van der Waals surface area (Å²) >= 11 is 1.76. The lowest BCUT2D eigenvalue weighted by Crippen LogP contribution is -3.14. The van der Waals surface area contributed by atoms with Gasteiger partial charge in [0.1, 0.15) is 11.1 Å². The number of methoxy groups -OCH3 is 2. The molecule has 8 heteroatoms. The molecular weight excluding hydrogens is 380 g/mol. The van der Waals surface area contributed by atoms with Crippen molar-refractivity contribution >= 4 is 23.6 Å². The van der Waals surface area contributed by atoms with E-state index in [1.54, 1.807) is 32.9 Å². The minimum Gasteiger partial charge on any atom is -0.497 e. The predicted octanol–water partition coefficient (Wildman–Crippen LogP) is 0.754. The van der Waals surface area contributed by atoms with Gasteiger partial charge in [-0.15, -0.1) is 11.8 Å². The van der Waals surface area contributed by atoms with Crippen molar-refractivity contribution in [3.63, 3.8) is 0 Å². The van der Waals surface area contributed by atoms with Crippen LogP contribution >= 0.6 is 11.8 Å². The number of carbonyl (C=O) groups is 2. The molecule has 1 heterocycles. The van der Waals surface area contributed by atoms with Crippen molar-refractivity contribution in [3.05, 3.63) is 29.8 Å². The van der Waals surface area contributed by atoms with Crippen LogP contribution in [0.25, 0.3) is 0 Å². The van der Waals surface area contributed by atoms with Crippen LogP contribution in [-0.4, -0.2) is 76.1 Å². The lowest BCUT2D eigenvalue weighted by Gasteiger charge is -2.26. The van der Waals surface area contributed by atoms with Gasteiger partial charge in [0.2, 0.25) is 0 Å². The fourth-order valence-electron chi connectivity index (χ4n) is 3.21. The highest BCUT2D eigenvalue weighted by Gasteiger charge is 2.33. The van der Waals surface area contributed by atoms with Gasteiger partial charge in [0.05, 0.1) is 26.9 Å². The van der Waals surface area contributed by atoms with E-state index in [-0.39, 0.29) is 30.3 Å². The second-order valence-electron chi connectivity index (χ2n) is 6.59. The Labute approximate surface area is 171 Å². The maximum Gasteiger partial charge on any atom is 0.361 e. The van der Waals surface area contributed by atoms with Gasteiger partial charge in [0.25, 0.3) is 5.91 Å². The summed E-state index contributed by atoms with van der Waals surface area (Å²) in [6.07, 6.45) is 0.787. The lowest BCUT2D eigenvalue weighted by molar-refractivity contribution is -0.885. The first kappa shape index (κ1) is 22.5. The van der Waals surface area contributed by atoms with E-state index in [4.69, 9.17) is 14.2 Å². The Morgan fingerprint density at radius 2 is 1.96 bits per heavy atom. The monoisotopic (exact) mass is 411 g/mol. The molecule has 1 aliphatic rings. The Balaban J connectivity index is 2.01. The van der Waals surface area contributed by atoms with Crippen LogP contribution in [0.2, 0.25) is 0 Å². The van der Waals surface area contributed by atoms with E-state index >= 15 is 0 Å². The van der Waals surface area contributed by atoms with Crippen LogP contribution in [0.4, 0.5) is 0 Å². The first-order valence-corrected chi connectivity index (χ1v) is 10.7. The number of carbonyl (C=O) groups excluding carboxylic acids is 2. The molecule has 28 heavy (non-hydrogen) atoms. The highest BCUT2D eigenvalue weighted by molar-refractivity contribution is 7.99. The number of thioether (sulfide) groups is 1. The number of rotatable bonds is 11. The summed E-state index contributed by atoms with van der Waals surface area (Å²) in [4.78, 5) is 27.8. The van der Waals surface area contributed by atoms with Gasteiger partial charge in [-0.3, -0.25) is 4.79 Å². The third-order valence-corrected chi connectivity index (χ3v) is 5.85. The Kier molecular flexibility index (Phi) is 9.60. The SMILES string of the molecule is CCOC(=O)C[NH+](CCCOC)CC(=O)N1CCS[C@@H]1c1ccc(OC)cc1. The van der Waals surface area contributed by atoms with E-state index in [2.05, 4.69) is 0 Å². The average Bonchev–Trinajstić information content (AvgIpc) is 3.18. The molecule has 1 aliphatic heterocycles. The number of hydrogen-bond donors (Lipinski definition) is 1. The third-order valence-electron chi connectivity index (χ3n) is 4.59. The van der Waals surface area contributed by atoms with Gasteiger partial charge in [-0.1, -0.05) is 12.1 Å². The van der Waals surface area contributed by atoms with E-state index in [9.17, 15) is 9.59 Å². The van der Waals surface area contributed by atoms with E-state index in [1.807, 2.05) is 29.2 Å². The van der Waals surface area contributed by atoms with Gasteiger partial charge in [-0.25, -0.2) is 4.79 Å². The van der Waals surface area contributed by atoms with Crippen molar-refractivity contribution < 1.29 is 28.7 Å². The quantitative estimate of drug-likeness (QED) is 0.428. The van der Waals surface area contributed by atoms with Crippen molar-refractivity contribution in [2.45, 2.75) is 18.7 Å². The largest absolute Gasteiger partial charge is 0.497 e. The molecule has 7 nitrogen and oxygen atoms in total. The van der Waals surface area contributed by atoms with Gasteiger partial charge in [0, 0.05) is 25.8 Å². The highest BCUT2D eigenvalue weighted by atomic mass is 32.2. The zero-order valence-corrected chi connectivity index (χ0v) is 17.8. The number of amides is 1. The Morgan fingerprint density at radius 3 is 2.61 bits per heavy atom. The number of nitrogens with zero attached hydrogens (tertiary/aromatic N) is 1. The third kappa shape index (κ3) is 6.68. The number of hydrogen-bond acceptors (Lipinski definition) is 6. The molecule has 1 unspecified atom stereocenters. The summed E-state index contributed by atoms with van der Waals surface area (Å²) in [7, 11) is 3.29. The topological polar surface area (TPSA) is 69.5 Å². The van der Waals surface area contributed by atoms with Crippen LogP contribution in [-0.2, 0) is 19.1 Å². The summed E-state index contributed by atoms with van der Waals surface area (Å²) < 4.78 is 15.4. The molecule has 1 aromatic rings. The fourth-order valence-corrected chi connectivity index (χ4v) is 4.49. The van der Waals surface area contributed by atoms with Gasteiger partial charge >= 0.3 is 5.97 Å². The van der Waals surface area contributed by atoms with Crippen molar-refractivity contribution in [1.82, 2.24) is 4.90 Å². The summed E-state index contributed by atoms with van der Waals surface area (Å²) in [5, 5.41) is 0.00113. The summed E-state index contributed by atoms with van der Waals surface area (Å²) in [6.45, 7) is 4.61. The average molecular weight is 412 g/mol. The molecule has 1 saturated heterocycles. The second-order valence-corrected chi connectivity index (χ2v) is 7.78. The zero-order valence-electron chi connectivity index (χ0n) is 16.9. The minimum atomic E-state index is -0.273. The molecule has 2 rings (SSSR count). The molecule has 2 atom stereocenters. The van der Waals surface area contributed by atoms with Crippen LogP contribution in [0.1, 0.15) is 24.3 Å². The molecule has 0 radical (unpaired) electrons. The first-order chi connectivity index (χ1) is 13.6. The van der Waals surface area contributed by atoms with Gasteiger partial charge in [-0.2, -0.15) is 0 Å². The van der Waals surface area contributed by atoms with Gasteiger partial charge in [-0.05, 0) is 24.6 Å². The molecule has 0 spiro atoms.